The summed E-state index contributed by atoms with van der Waals surface area (Å²) < 4.78 is 23.1. The maximum Gasteiger partial charge on any atom is 0.355 e. The van der Waals surface area contributed by atoms with Gasteiger partial charge in [0, 0.05) is 11.4 Å². The second-order valence-electron chi connectivity index (χ2n) is 5.89. The second kappa shape index (κ2) is 8.48. The minimum absolute atomic E-state index is 0.171. The molecule has 8 heteroatoms. The van der Waals surface area contributed by atoms with E-state index in [2.05, 4.69) is 10.3 Å². The molecule has 1 atom stereocenters. The highest BCUT2D eigenvalue weighted by Crippen LogP contribution is 2.20. The van der Waals surface area contributed by atoms with E-state index in [4.69, 9.17) is 9.47 Å². The molecule has 0 spiro atoms. The lowest BCUT2D eigenvalue weighted by Gasteiger charge is -2.14. The third kappa shape index (κ3) is 4.72. The maximum atomic E-state index is 12.9. The lowest BCUT2D eigenvalue weighted by atomic mass is 10.1. The summed E-state index contributed by atoms with van der Waals surface area (Å²) in [6, 6.07) is 5.20. The number of hydrogen-bond acceptors (Lipinski definition) is 5. The molecule has 144 valence electrons. The van der Waals surface area contributed by atoms with E-state index in [1.54, 1.807) is 20.8 Å². The monoisotopic (exact) mass is 376 g/mol. The topological polar surface area (TPSA) is 97.5 Å². The van der Waals surface area contributed by atoms with Gasteiger partial charge in [-0.25, -0.2) is 14.0 Å². The first-order valence-electron chi connectivity index (χ1n) is 8.38. The molecule has 2 rings (SSSR count). The van der Waals surface area contributed by atoms with Crippen LogP contribution in [0.1, 0.15) is 46.0 Å². The number of carbonyl (C=O) groups excluding carboxylic acids is 3. The molecule has 1 aromatic carbocycles. The van der Waals surface area contributed by atoms with E-state index in [1.165, 1.54) is 31.2 Å². The largest absolute Gasteiger partial charge is 0.461 e. The Morgan fingerprint density at radius 1 is 1.15 bits per heavy atom. The molecular formula is C19H21FN2O5. The molecule has 1 aromatic heterocycles. The summed E-state index contributed by atoms with van der Waals surface area (Å²) in [7, 11) is 0. The fourth-order valence-corrected chi connectivity index (χ4v) is 2.51. The molecule has 1 amide bonds. The molecule has 0 saturated carbocycles. The van der Waals surface area contributed by atoms with Crippen LogP contribution in [0, 0.1) is 19.7 Å². The highest BCUT2D eigenvalue weighted by atomic mass is 19.1. The van der Waals surface area contributed by atoms with Crippen LogP contribution in [0.15, 0.2) is 24.3 Å². The van der Waals surface area contributed by atoms with Gasteiger partial charge in [0.1, 0.15) is 11.5 Å². The van der Waals surface area contributed by atoms with Crippen molar-refractivity contribution in [3.8, 4) is 0 Å². The molecule has 0 aliphatic carbocycles. The van der Waals surface area contributed by atoms with Crippen molar-refractivity contribution in [2.24, 2.45) is 0 Å². The number of aryl methyl sites for hydroxylation is 1. The second-order valence-corrected chi connectivity index (χ2v) is 5.89. The van der Waals surface area contributed by atoms with Crippen molar-refractivity contribution in [1.29, 1.82) is 0 Å². The van der Waals surface area contributed by atoms with E-state index >= 15 is 0 Å². The highest BCUT2D eigenvalue weighted by Gasteiger charge is 2.26. The van der Waals surface area contributed by atoms with Gasteiger partial charge in [0.15, 0.2) is 6.10 Å². The molecule has 0 fully saturated rings. The van der Waals surface area contributed by atoms with Crippen LogP contribution in [-0.2, 0) is 14.3 Å². The first-order valence-corrected chi connectivity index (χ1v) is 8.38. The van der Waals surface area contributed by atoms with Gasteiger partial charge in [0.05, 0.1) is 12.2 Å². The van der Waals surface area contributed by atoms with Crippen LogP contribution in [0.3, 0.4) is 0 Å². The lowest BCUT2D eigenvalue weighted by Crippen LogP contribution is -2.30. The van der Waals surface area contributed by atoms with Gasteiger partial charge in [0.25, 0.3) is 5.91 Å². The van der Waals surface area contributed by atoms with Crippen molar-refractivity contribution in [3.05, 3.63) is 52.6 Å². The summed E-state index contributed by atoms with van der Waals surface area (Å²) in [6.45, 7) is 6.52. The van der Waals surface area contributed by atoms with Crippen molar-refractivity contribution < 1.29 is 28.2 Å². The first-order chi connectivity index (χ1) is 12.7. The van der Waals surface area contributed by atoms with Crippen LogP contribution >= 0.6 is 0 Å². The molecule has 1 heterocycles. The van der Waals surface area contributed by atoms with E-state index < -0.39 is 29.8 Å². The highest BCUT2D eigenvalue weighted by molar-refractivity contribution is 6.01. The Labute approximate surface area is 155 Å². The minimum Gasteiger partial charge on any atom is -0.461 e. The number of benzene rings is 1. The number of ether oxygens (including phenoxy) is 2. The number of aromatic nitrogens is 1. The van der Waals surface area contributed by atoms with E-state index in [1.807, 2.05) is 0 Å². The fraction of sp³-hybridized carbons (Fsp3) is 0.316. The molecule has 0 bridgehead atoms. The Hall–Kier alpha value is -3.16. The van der Waals surface area contributed by atoms with Crippen LogP contribution in [-0.4, -0.2) is 35.5 Å². The third-order valence-corrected chi connectivity index (χ3v) is 3.89. The molecule has 2 N–H and O–H groups in total. The fourth-order valence-electron chi connectivity index (χ4n) is 2.51. The summed E-state index contributed by atoms with van der Waals surface area (Å²) >= 11 is 0. The van der Waals surface area contributed by atoms with Crippen molar-refractivity contribution in [1.82, 2.24) is 4.98 Å². The number of aromatic amines is 1. The number of hydrogen-bond donors (Lipinski definition) is 2. The number of anilines is 1. The van der Waals surface area contributed by atoms with E-state index in [-0.39, 0.29) is 17.9 Å². The van der Waals surface area contributed by atoms with Gasteiger partial charge in [0.2, 0.25) is 0 Å². The smallest absolute Gasteiger partial charge is 0.355 e. The van der Waals surface area contributed by atoms with Crippen molar-refractivity contribution in [2.45, 2.75) is 33.8 Å². The van der Waals surface area contributed by atoms with Gasteiger partial charge < -0.3 is 19.8 Å². The molecule has 0 aliphatic rings. The zero-order valence-corrected chi connectivity index (χ0v) is 15.5. The van der Waals surface area contributed by atoms with Gasteiger partial charge in [-0.05, 0) is 57.5 Å². The van der Waals surface area contributed by atoms with E-state index in [9.17, 15) is 18.8 Å². The molecule has 0 unspecified atom stereocenters. The average molecular weight is 376 g/mol. The third-order valence-electron chi connectivity index (χ3n) is 3.89. The van der Waals surface area contributed by atoms with Crippen LogP contribution in [0.2, 0.25) is 0 Å². The van der Waals surface area contributed by atoms with Crippen molar-refractivity contribution >= 4 is 23.5 Å². The average Bonchev–Trinajstić information content (AvgIpc) is 2.91. The standard InChI is InChI=1S/C19H21FN2O5/c1-5-26-19(25)16-10(2)15(11(3)21-16)18(24)27-12(4)17(23)22-14-8-6-13(20)7-9-14/h6-9,12,21H,5H2,1-4H3,(H,22,23)/t12-/m1/s1. The zero-order valence-electron chi connectivity index (χ0n) is 15.5. The van der Waals surface area contributed by atoms with Crippen molar-refractivity contribution in [3.63, 3.8) is 0 Å². The summed E-state index contributed by atoms with van der Waals surface area (Å²) in [5.41, 5.74) is 1.56. The number of halogens is 1. The van der Waals surface area contributed by atoms with Crippen LogP contribution in [0.25, 0.3) is 0 Å². The molecule has 0 saturated heterocycles. The predicted molar refractivity (Wildman–Crippen MR) is 96.1 cm³/mol. The van der Waals surface area contributed by atoms with Gasteiger partial charge in [-0.1, -0.05) is 0 Å². The Bertz CT molecular complexity index is 858. The number of carbonyl (C=O) groups is 3. The van der Waals surface area contributed by atoms with Gasteiger partial charge in [-0.15, -0.1) is 0 Å². The molecule has 7 nitrogen and oxygen atoms in total. The maximum absolute atomic E-state index is 12.9. The van der Waals surface area contributed by atoms with E-state index in [0.29, 0.717) is 16.9 Å². The van der Waals surface area contributed by atoms with E-state index in [0.717, 1.165) is 0 Å². The first kappa shape index (κ1) is 20.2. The zero-order chi connectivity index (χ0) is 20.1. The number of nitrogens with one attached hydrogen (secondary N) is 2. The summed E-state index contributed by atoms with van der Waals surface area (Å²) in [5.74, 6) is -2.30. The number of esters is 2. The van der Waals surface area contributed by atoms with Crippen molar-refractivity contribution in [2.75, 3.05) is 11.9 Å². The minimum atomic E-state index is -1.10. The summed E-state index contributed by atoms with van der Waals surface area (Å²) in [5, 5.41) is 2.53. The Morgan fingerprint density at radius 2 is 1.78 bits per heavy atom. The number of H-pyrrole nitrogens is 1. The Kier molecular flexibility index (Phi) is 6.33. The molecule has 2 aromatic rings. The molecule has 27 heavy (non-hydrogen) atoms. The summed E-state index contributed by atoms with van der Waals surface area (Å²) in [6.07, 6.45) is -1.10. The quantitative estimate of drug-likeness (QED) is 0.755. The van der Waals surface area contributed by atoms with Crippen LogP contribution in [0.5, 0.6) is 0 Å². The normalized spacial score (nSPS) is 11.6. The molecule has 0 aliphatic heterocycles. The van der Waals surface area contributed by atoms with Gasteiger partial charge in [-0.2, -0.15) is 0 Å². The Balaban J connectivity index is 2.08. The number of rotatable bonds is 6. The number of amides is 1. The Morgan fingerprint density at radius 3 is 2.37 bits per heavy atom. The van der Waals surface area contributed by atoms with Gasteiger partial charge >= 0.3 is 11.9 Å². The molecular weight excluding hydrogens is 355 g/mol. The lowest BCUT2D eigenvalue weighted by molar-refractivity contribution is -0.123. The van der Waals surface area contributed by atoms with Crippen LogP contribution in [0.4, 0.5) is 10.1 Å². The SMILES string of the molecule is CCOC(=O)c1[nH]c(C)c(C(=O)O[C@H](C)C(=O)Nc2ccc(F)cc2)c1C. The van der Waals surface area contributed by atoms with Crippen LogP contribution < -0.4 is 5.32 Å². The summed E-state index contributed by atoms with van der Waals surface area (Å²) in [4.78, 5) is 39.4. The predicted octanol–water partition coefficient (Wildman–Crippen LogP) is 3.13. The van der Waals surface area contributed by atoms with Gasteiger partial charge in [-0.3, -0.25) is 4.79 Å². The molecule has 0 radical (unpaired) electrons.